The first kappa shape index (κ1) is 36.6. The van der Waals surface area contributed by atoms with Gasteiger partial charge in [-0.05, 0) is 104 Å². The molecule has 310 valence electrons. The van der Waals surface area contributed by atoms with Gasteiger partial charge in [-0.2, -0.15) is 0 Å². The van der Waals surface area contributed by atoms with Crippen LogP contribution in [0.25, 0.3) is 147 Å². The third kappa shape index (κ3) is 5.51. The molecular formula is C61H34N4OS. The van der Waals surface area contributed by atoms with E-state index >= 15 is 0 Å². The highest BCUT2D eigenvalue weighted by molar-refractivity contribution is 7.25. The van der Waals surface area contributed by atoms with Crippen LogP contribution in [0, 0.1) is 0 Å². The summed E-state index contributed by atoms with van der Waals surface area (Å²) in [4.78, 5) is 15.8. The standard InChI is InChI=1S/C61H34N4OS/c1-3-14-39-31-52-50(29-37(39)12-1)51-30-38-13-2-4-15-40(38)32-53(51)65(52)42-26-23-36-25-28-54-57(49(36)34-42)47-20-10-21-48(58(47)66-54)61-63-59(41-24-27-45-44-18-7-8-22-55(44)67-56(45)33-41)62-60(64-61)46-19-9-16-35-11-5-6-17-43(35)46/h1-34H. The largest absolute Gasteiger partial charge is 0.455 e. The van der Waals surface area contributed by atoms with Crippen molar-refractivity contribution in [2.75, 3.05) is 0 Å². The molecule has 0 unspecified atom stereocenters. The minimum absolute atomic E-state index is 0.559. The summed E-state index contributed by atoms with van der Waals surface area (Å²) in [7, 11) is 0. The van der Waals surface area contributed by atoms with E-state index < -0.39 is 0 Å². The number of benzene rings is 11. The van der Waals surface area contributed by atoms with Crippen molar-refractivity contribution in [3.05, 3.63) is 206 Å². The van der Waals surface area contributed by atoms with Crippen molar-refractivity contribution in [3.63, 3.8) is 0 Å². The highest BCUT2D eigenvalue weighted by atomic mass is 32.1. The van der Waals surface area contributed by atoms with Crippen LogP contribution in [0.5, 0.6) is 0 Å². The van der Waals surface area contributed by atoms with Crippen molar-refractivity contribution in [2.45, 2.75) is 0 Å². The lowest BCUT2D eigenvalue weighted by atomic mass is 10.0. The van der Waals surface area contributed by atoms with Gasteiger partial charge in [-0.1, -0.05) is 146 Å². The molecule has 0 bridgehead atoms. The molecule has 0 spiro atoms. The number of para-hydroxylation sites is 1. The predicted octanol–water partition coefficient (Wildman–Crippen LogP) is 16.8. The van der Waals surface area contributed by atoms with Crippen molar-refractivity contribution in [1.82, 2.24) is 19.5 Å². The molecule has 0 saturated carbocycles. The van der Waals surface area contributed by atoms with E-state index in [9.17, 15) is 0 Å². The maximum atomic E-state index is 6.96. The molecule has 0 atom stereocenters. The maximum Gasteiger partial charge on any atom is 0.167 e. The Hall–Kier alpha value is -8.71. The summed E-state index contributed by atoms with van der Waals surface area (Å²) < 4.78 is 11.9. The van der Waals surface area contributed by atoms with Gasteiger partial charge in [0.2, 0.25) is 0 Å². The molecule has 0 saturated heterocycles. The van der Waals surface area contributed by atoms with Gasteiger partial charge in [0.15, 0.2) is 17.5 Å². The molecule has 15 aromatic rings. The molecule has 11 aromatic carbocycles. The van der Waals surface area contributed by atoms with E-state index in [2.05, 4.69) is 211 Å². The lowest BCUT2D eigenvalue weighted by Gasteiger charge is -2.11. The van der Waals surface area contributed by atoms with E-state index in [0.29, 0.717) is 17.5 Å². The summed E-state index contributed by atoms with van der Waals surface area (Å²) in [6.45, 7) is 0. The quantitative estimate of drug-likeness (QED) is 0.177. The second kappa shape index (κ2) is 13.9. The molecule has 4 aromatic heterocycles. The van der Waals surface area contributed by atoms with Crippen LogP contribution in [0.4, 0.5) is 0 Å². The summed E-state index contributed by atoms with van der Waals surface area (Å²) in [5.41, 5.74) is 7.69. The third-order valence-corrected chi connectivity index (χ3v) is 14.9. The molecule has 0 amide bonds. The lowest BCUT2D eigenvalue weighted by molar-refractivity contribution is 0.670. The zero-order valence-electron chi connectivity index (χ0n) is 35.7. The van der Waals surface area contributed by atoms with Gasteiger partial charge >= 0.3 is 0 Å². The van der Waals surface area contributed by atoms with Gasteiger partial charge in [0.25, 0.3) is 0 Å². The number of rotatable bonds is 4. The Kier molecular flexibility index (Phi) is 7.59. The first-order chi connectivity index (χ1) is 33.2. The molecule has 15 rings (SSSR count). The van der Waals surface area contributed by atoms with Crippen LogP contribution < -0.4 is 0 Å². The summed E-state index contributed by atoms with van der Waals surface area (Å²) in [5.74, 6) is 1.79. The highest BCUT2D eigenvalue weighted by Crippen LogP contribution is 2.43. The fourth-order valence-electron chi connectivity index (χ4n) is 10.6. The normalized spacial score (nSPS) is 12.2. The zero-order chi connectivity index (χ0) is 43.7. The van der Waals surface area contributed by atoms with Crippen molar-refractivity contribution in [3.8, 4) is 39.9 Å². The molecular weight excluding hydrogens is 837 g/mol. The first-order valence-corrected chi connectivity index (χ1v) is 23.4. The molecule has 67 heavy (non-hydrogen) atoms. The van der Waals surface area contributed by atoms with Gasteiger partial charge in [-0.3, -0.25) is 0 Å². The molecule has 4 heterocycles. The minimum atomic E-state index is 0.559. The van der Waals surface area contributed by atoms with Crippen LogP contribution in [0.3, 0.4) is 0 Å². The van der Waals surface area contributed by atoms with E-state index in [0.717, 1.165) is 65.9 Å². The monoisotopic (exact) mass is 870 g/mol. The van der Waals surface area contributed by atoms with Gasteiger partial charge < -0.3 is 8.98 Å². The van der Waals surface area contributed by atoms with Crippen molar-refractivity contribution in [2.24, 2.45) is 0 Å². The zero-order valence-corrected chi connectivity index (χ0v) is 36.6. The maximum absolute atomic E-state index is 6.96. The summed E-state index contributed by atoms with van der Waals surface area (Å²) in [5, 5.41) is 16.4. The van der Waals surface area contributed by atoms with Crippen LogP contribution in [0.15, 0.2) is 211 Å². The number of aromatic nitrogens is 4. The van der Waals surface area contributed by atoms with Crippen LogP contribution in [-0.2, 0) is 0 Å². The number of hydrogen-bond donors (Lipinski definition) is 0. The van der Waals surface area contributed by atoms with E-state index in [4.69, 9.17) is 19.4 Å². The Labute approximate surface area is 386 Å². The molecule has 0 N–H and O–H groups in total. The van der Waals surface area contributed by atoms with E-state index in [1.54, 1.807) is 11.3 Å². The van der Waals surface area contributed by atoms with Crippen LogP contribution >= 0.6 is 11.3 Å². The summed E-state index contributed by atoms with van der Waals surface area (Å²) >= 11 is 1.79. The predicted molar refractivity (Wildman–Crippen MR) is 281 cm³/mol. The number of hydrogen-bond acceptors (Lipinski definition) is 5. The third-order valence-electron chi connectivity index (χ3n) is 13.8. The molecule has 0 fully saturated rings. The average molecular weight is 871 g/mol. The average Bonchev–Trinajstić information content (AvgIpc) is 4.06. The molecule has 0 aliphatic heterocycles. The Morgan fingerprint density at radius 2 is 0.925 bits per heavy atom. The van der Waals surface area contributed by atoms with Crippen molar-refractivity contribution >= 4 is 118 Å². The van der Waals surface area contributed by atoms with Crippen molar-refractivity contribution < 1.29 is 4.42 Å². The SMILES string of the molecule is c1ccc2cc3c(cc2c1)c1cc2ccccc2cc1n3-c1ccc2ccc3oc4c(-c5nc(-c6ccc7c(c6)sc6ccccc67)nc(-c6cccc7ccccc67)n5)cccc4c3c2c1. The van der Waals surface area contributed by atoms with Gasteiger partial charge in [0.05, 0.1) is 16.6 Å². The highest BCUT2D eigenvalue weighted by Gasteiger charge is 2.22. The van der Waals surface area contributed by atoms with Crippen LogP contribution in [0.1, 0.15) is 0 Å². The Balaban J connectivity index is 0.957. The fourth-order valence-corrected chi connectivity index (χ4v) is 11.8. The molecule has 6 heteroatoms. The smallest absolute Gasteiger partial charge is 0.167 e. The Morgan fingerprint density at radius 1 is 0.358 bits per heavy atom. The minimum Gasteiger partial charge on any atom is -0.455 e. The number of fused-ring (bicyclic) bond motifs is 14. The van der Waals surface area contributed by atoms with Crippen molar-refractivity contribution in [1.29, 1.82) is 0 Å². The molecule has 0 radical (unpaired) electrons. The second-order valence-electron chi connectivity index (χ2n) is 17.5. The number of thiophene rings is 1. The number of furan rings is 1. The molecule has 0 aliphatic rings. The van der Waals surface area contributed by atoms with Gasteiger partial charge in [0.1, 0.15) is 11.2 Å². The van der Waals surface area contributed by atoms with Gasteiger partial charge in [-0.25, -0.2) is 15.0 Å². The summed E-state index contributed by atoms with van der Waals surface area (Å²) in [6.07, 6.45) is 0. The second-order valence-corrected chi connectivity index (χ2v) is 18.6. The number of nitrogens with zero attached hydrogens (tertiary/aromatic N) is 4. The van der Waals surface area contributed by atoms with Crippen LogP contribution in [0.2, 0.25) is 0 Å². The lowest BCUT2D eigenvalue weighted by Crippen LogP contribution is -2.00. The molecule has 0 aliphatic carbocycles. The topological polar surface area (TPSA) is 56.7 Å². The Morgan fingerprint density at radius 3 is 1.70 bits per heavy atom. The first-order valence-electron chi connectivity index (χ1n) is 22.6. The van der Waals surface area contributed by atoms with E-state index in [1.807, 2.05) is 0 Å². The van der Waals surface area contributed by atoms with E-state index in [-0.39, 0.29) is 0 Å². The fraction of sp³-hybridized carbons (Fsp3) is 0. The van der Waals surface area contributed by atoms with Gasteiger partial charge in [0, 0.05) is 58.5 Å². The molecule has 5 nitrogen and oxygen atoms in total. The van der Waals surface area contributed by atoms with Crippen LogP contribution in [-0.4, -0.2) is 19.5 Å². The Bertz CT molecular complexity index is 4500. The van der Waals surface area contributed by atoms with E-state index in [1.165, 1.54) is 63.5 Å². The summed E-state index contributed by atoms with van der Waals surface area (Å²) in [6, 6.07) is 74.0. The van der Waals surface area contributed by atoms with Gasteiger partial charge in [-0.15, -0.1) is 11.3 Å².